The van der Waals surface area contributed by atoms with E-state index in [0.29, 0.717) is 12.4 Å². The maximum Gasteiger partial charge on any atom is 0.271 e. The lowest BCUT2D eigenvalue weighted by Crippen LogP contribution is -2.28. The Balaban J connectivity index is 2.19. The van der Waals surface area contributed by atoms with Crippen LogP contribution in [0.2, 0.25) is 5.02 Å². The van der Waals surface area contributed by atoms with Gasteiger partial charge in [-0.2, -0.15) is 5.26 Å². The van der Waals surface area contributed by atoms with Gasteiger partial charge in [0.1, 0.15) is 17.4 Å². The fourth-order valence-electron chi connectivity index (χ4n) is 2.68. The number of carbonyl (C=O) groups excluding carboxylic acids is 1. The molecule has 1 atom stereocenters. The Morgan fingerprint density at radius 3 is 2.73 bits per heavy atom. The van der Waals surface area contributed by atoms with Crippen molar-refractivity contribution in [3.8, 4) is 11.8 Å². The number of benzene rings is 2. The molecule has 2 N–H and O–H groups in total. The molecule has 156 valence electrons. The van der Waals surface area contributed by atoms with Crippen LogP contribution >= 0.6 is 11.6 Å². The first kappa shape index (κ1) is 22.7. The number of carbonyl (C=O) groups is 1. The molecule has 0 heterocycles. The van der Waals surface area contributed by atoms with E-state index in [0.717, 1.165) is 17.3 Å². The molecular weight excluding hydrogens is 408 g/mol. The molecule has 0 bridgehead atoms. The van der Waals surface area contributed by atoms with Gasteiger partial charge in [0.05, 0.1) is 28.3 Å². The largest absolute Gasteiger partial charge is 0.494 e. The highest BCUT2D eigenvalue weighted by Crippen LogP contribution is 2.28. The molecule has 0 saturated carbocycles. The molecule has 0 aliphatic rings. The van der Waals surface area contributed by atoms with E-state index in [1.54, 1.807) is 6.92 Å². The fourth-order valence-corrected chi connectivity index (χ4v) is 2.85. The minimum Gasteiger partial charge on any atom is -0.494 e. The van der Waals surface area contributed by atoms with Crippen LogP contribution < -0.4 is 15.4 Å². The van der Waals surface area contributed by atoms with Crippen molar-refractivity contribution in [2.45, 2.75) is 26.8 Å². The van der Waals surface area contributed by atoms with Crippen LogP contribution in [0.4, 0.5) is 11.4 Å². The molecule has 0 radical (unpaired) electrons. The Bertz CT molecular complexity index is 1030. The summed E-state index contributed by atoms with van der Waals surface area (Å²) >= 11 is 6.02. The van der Waals surface area contributed by atoms with Crippen LogP contribution in [0.1, 0.15) is 31.0 Å². The van der Waals surface area contributed by atoms with Crippen molar-refractivity contribution >= 4 is 28.9 Å². The quantitative estimate of drug-likeness (QED) is 0.273. The first-order valence-electron chi connectivity index (χ1n) is 9.11. The number of hydrogen-bond acceptors (Lipinski definition) is 6. The first-order valence-corrected chi connectivity index (χ1v) is 9.49. The number of non-ortho nitro benzene ring substituents is 1. The molecule has 0 aromatic heterocycles. The van der Waals surface area contributed by atoms with E-state index >= 15 is 0 Å². The SMILES string of the molecule is CCOc1ccc(C)cc1C(C)NC(=O)/C(C#N)=C\Nc1cc([N+](=O)[O-])ccc1Cl. The number of nitrogens with one attached hydrogen (secondary N) is 2. The minimum atomic E-state index is -0.608. The van der Waals surface area contributed by atoms with E-state index < -0.39 is 16.9 Å². The molecule has 9 heteroatoms. The summed E-state index contributed by atoms with van der Waals surface area (Å²) in [5.74, 6) is 0.0443. The topological polar surface area (TPSA) is 117 Å². The standard InChI is InChI=1S/C21H21ClN4O4/c1-4-30-20-8-5-13(2)9-17(20)14(3)25-21(27)15(11-23)12-24-19-10-16(26(28)29)6-7-18(19)22/h5-10,12,14,24H,4H2,1-3H3,(H,25,27)/b15-12-. The Labute approximate surface area is 179 Å². The van der Waals surface area contributed by atoms with Gasteiger partial charge < -0.3 is 15.4 Å². The van der Waals surface area contributed by atoms with Crippen LogP contribution in [0, 0.1) is 28.4 Å². The summed E-state index contributed by atoms with van der Waals surface area (Å²) in [5.41, 5.74) is 1.62. The maximum absolute atomic E-state index is 12.6. The summed E-state index contributed by atoms with van der Waals surface area (Å²) in [7, 11) is 0. The van der Waals surface area contributed by atoms with Crippen LogP contribution in [0.15, 0.2) is 48.2 Å². The van der Waals surface area contributed by atoms with Gasteiger partial charge in [-0.15, -0.1) is 0 Å². The smallest absolute Gasteiger partial charge is 0.271 e. The lowest BCUT2D eigenvalue weighted by molar-refractivity contribution is -0.384. The summed E-state index contributed by atoms with van der Waals surface area (Å²) in [6, 6.07) is 10.9. The number of anilines is 1. The first-order chi connectivity index (χ1) is 14.3. The van der Waals surface area contributed by atoms with Gasteiger partial charge in [0.2, 0.25) is 0 Å². The molecule has 0 aliphatic heterocycles. The highest BCUT2D eigenvalue weighted by molar-refractivity contribution is 6.33. The second kappa shape index (κ2) is 10.3. The number of nitrogens with zero attached hydrogens (tertiary/aromatic N) is 2. The van der Waals surface area contributed by atoms with Crippen molar-refractivity contribution < 1.29 is 14.5 Å². The summed E-state index contributed by atoms with van der Waals surface area (Å²) in [4.78, 5) is 22.9. The number of nitro groups is 1. The normalized spacial score (nSPS) is 11.9. The van der Waals surface area contributed by atoms with Gasteiger partial charge in [-0.05, 0) is 32.9 Å². The Morgan fingerprint density at radius 2 is 2.10 bits per heavy atom. The summed E-state index contributed by atoms with van der Waals surface area (Å²) < 4.78 is 5.62. The van der Waals surface area contributed by atoms with Gasteiger partial charge in [0, 0.05) is 23.9 Å². The molecular formula is C21H21ClN4O4. The van der Waals surface area contributed by atoms with Crippen LogP contribution in [0.25, 0.3) is 0 Å². The zero-order valence-electron chi connectivity index (χ0n) is 16.7. The van der Waals surface area contributed by atoms with E-state index in [2.05, 4.69) is 10.6 Å². The lowest BCUT2D eigenvalue weighted by atomic mass is 10.0. The zero-order valence-corrected chi connectivity index (χ0v) is 17.5. The molecule has 2 aromatic rings. The van der Waals surface area contributed by atoms with Crippen molar-refractivity contribution in [2.24, 2.45) is 0 Å². The molecule has 8 nitrogen and oxygen atoms in total. The predicted molar refractivity (Wildman–Crippen MR) is 114 cm³/mol. The molecule has 2 rings (SSSR count). The van der Waals surface area contributed by atoms with Crippen LogP contribution in [-0.2, 0) is 4.79 Å². The van der Waals surface area contributed by atoms with Gasteiger partial charge in [-0.3, -0.25) is 14.9 Å². The number of nitriles is 1. The average molecular weight is 429 g/mol. The second-order valence-electron chi connectivity index (χ2n) is 6.40. The van der Waals surface area contributed by atoms with Gasteiger partial charge in [0.25, 0.3) is 11.6 Å². The molecule has 0 aliphatic carbocycles. The minimum absolute atomic E-state index is 0.171. The third-order valence-electron chi connectivity index (χ3n) is 4.18. The Hall–Kier alpha value is -3.57. The third kappa shape index (κ3) is 5.72. The van der Waals surface area contributed by atoms with Crippen LogP contribution in [0.5, 0.6) is 5.75 Å². The molecule has 0 saturated heterocycles. The van der Waals surface area contributed by atoms with E-state index in [1.807, 2.05) is 38.1 Å². The van der Waals surface area contributed by atoms with Gasteiger partial charge >= 0.3 is 0 Å². The fraction of sp³-hybridized carbons (Fsp3) is 0.238. The summed E-state index contributed by atoms with van der Waals surface area (Å²) in [6.07, 6.45) is 1.16. The molecule has 30 heavy (non-hydrogen) atoms. The number of hydrogen-bond donors (Lipinski definition) is 2. The van der Waals surface area contributed by atoms with Gasteiger partial charge in [0.15, 0.2) is 0 Å². The lowest BCUT2D eigenvalue weighted by Gasteiger charge is -2.18. The van der Waals surface area contributed by atoms with E-state index in [1.165, 1.54) is 18.2 Å². The summed E-state index contributed by atoms with van der Waals surface area (Å²) in [6.45, 7) is 6.07. The predicted octanol–water partition coefficient (Wildman–Crippen LogP) is 4.65. The van der Waals surface area contributed by atoms with Crippen molar-refractivity contribution in [3.63, 3.8) is 0 Å². The number of halogens is 1. The van der Waals surface area contributed by atoms with Gasteiger partial charge in [-0.25, -0.2) is 0 Å². The molecule has 1 amide bonds. The number of amides is 1. The average Bonchev–Trinajstić information content (AvgIpc) is 2.70. The van der Waals surface area contributed by atoms with Gasteiger partial charge in [-0.1, -0.05) is 29.3 Å². The second-order valence-corrected chi connectivity index (χ2v) is 6.81. The summed E-state index contributed by atoms with van der Waals surface area (Å²) in [5, 5.41) is 25.9. The number of rotatable bonds is 8. The number of aryl methyl sites for hydroxylation is 1. The van der Waals surface area contributed by atoms with Crippen molar-refractivity contribution in [1.82, 2.24) is 5.32 Å². The van der Waals surface area contributed by atoms with Crippen LogP contribution in [-0.4, -0.2) is 17.4 Å². The monoisotopic (exact) mass is 428 g/mol. The van der Waals surface area contributed by atoms with E-state index in [4.69, 9.17) is 16.3 Å². The molecule has 1 unspecified atom stereocenters. The molecule has 0 fully saturated rings. The number of ether oxygens (including phenoxy) is 1. The molecule has 0 spiro atoms. The Kier molecular flexibility index (Phi) is 7.78. The van der Waals surface area contributed by atoms with E-state index in [9.17, 15) is 20.2 Å². The molecule has 2 aromatic carbocycles. The van der Waals surface area contributed by atoms with Crippen molar-refractivity contribution in [2.75, 3.05) is 11.9 Å². The van der Waals surface area contributed by atoms with Crippen LogP contribution in [0.3, 0.4) is 0 Å². The number of nitro benzene ring substituents is 1. The maximum atomic E-state index is 12.6. The zero-order chi connectivity index (χ0) is 22.3. The van der Waals surface area contributed by atoms with E-state index in [-0.39, 0.29) is 22.0 Å². The highest BCUT2D eigenvalue weighted by Gasteiger charge is 2.18. The van der Waals surface area contributed by atoms with Crippen molar-refractivity contribution in [1.29, 1.82) is 5.26 Å². The third-order valence-corrected chi connectivity index (χ3v) is 4.51. The van der Waals surface area contributed by atoms with Crippen molar-refractivity contribution in [3.05, 3.63) is 74.4 Å². The Morgan fingerprint density at radius 1 is 1.37 bits per heavy atom. The highest BCUT2D eigenvalue weighted by atomic mass is 35.5.